The van der Waals surface area contributed by atoms with E-state index < -0.39 is 17.0 Å². The lowest BCUT2D eigenvalue weighted by Crippen LogP contribution is -2.50. The Kier molecular flexibility index (Phi) is 4.55. The average Bonchev–Trinajstić information content (AvgIpc) is 3.01. The zero-order chi connectivity index (χ0) is 21.8. The third kappa shape index (κ3) is 3.20. The summed E-state index contributed by atoms with van der Waals surface area (Å²) < 4.78 is 7.26. The number of rotatable bonds is 2. The highest BCUT2D eigenvalue weighted by Crippen LogP contribution is 2.47. The van der Waals surface area contributed by atoms with Gasteiger partial charge >= 0.3 is 5.97 Å². The Bertz CT molecular complexity index is 1160. The van der Waals surface area contributed by atoms with Crippen LogP contribution in [0.3, 0.4) is 0 Å². The van der Waals surface area contributed by atoms with Gasteiger partial charge in [0.25, 0.3) is 0 Å². The van der Waals surface area contributed by atoms with E-state index in [1.807, 2.05) is 30.7 Å². The fourth-order valence-corrected chi connectivity index (χ4v) is 4.36. The maximum absolute atomic E-state index is 12.5. The van der Waals surface area contributed by atoms with E-state index >= 15 is 0 Å². The molecular formula is C24H26N2O4. The number of pyridine rings is 1. The number of aromatic nitrogens is 1. The van der Waals surface area contributed by atoms with E-state index in [0.29, 0.717) is 5.69 Å². The Balaban J connectivity index is 1.93. The number of hydrogen-bond donors (Lipinski definition) is 1. The molecule has 1 aromatic heterocycles. The molecule has 1 saturated heterocycles. The van der Waals surface area contributed by atoms with Gasteiger partial charge in [0.2, 0.25) is 0 Å². The lowest BCUT2D eigenvalue weighted by Gasteiger charge is -2.44. The van der Waals surface area contributed by atoms with Gasteiger partial charge in [-0.25, -0.2) is 4.79 Å². The summed E-state index contributed by atoms with van der Waals surface area (Å²) in [7, 11) is 1.64. The summed E-state index contributed by atoms with van der Waals surface area (Å²) in [6, 6.07) is 7.53. The number of nitrogens with zero attached hydrogens (tertiary/aromatic N) is 2. The molecule has 2 aliphatic rings. The van der Waals surface area contributed by atoms with Crippen LogP contribution in [-0.2, 0) is 4.74 Å². The van der Waals surface area contributed by atoms with Crippen LogP contribution >= 0.6 is 0 Å². The zero-order valence-electron chi connectivity index (χ0n) is 17.9. The van der Waals surface area contributed by atoms with Crippen molar-refractivity contribution in [2.24, 2.45) is 0 Å². The van der Waals surface area contributed by atoms with Gasteiger partial charge in [0.15, 0.2) is 5.43 Å². The first-order chi connectivity index (χ1) is 14.0. The fourth-order valence-electron chi connectivity index (χ4n) is 4.36. The summed E-state index contributed by atoms with van der Waals surface area (Å²) >= 11 is 0. The molecule has 1 N–H and O–H groups in total. The molecule has 0 aliphatic carbocycles. The van der Waals surface area contributed by atoms with Crippen molar-refractivity contribution in [2.75, 3.05) is 12.1 Å². The van der Waals surface area contributed by atoms with Crippen molar-refractivity contribution in [2.45, 2.75) is 57.7 Å². The Morgan fingerprint density at radius 2 is 2.03 bits per heavy atom. The number of hydrogen-bond acceptors (Lipinski definition) is 4. The number of carboxylic acids is 1. The molecule has 4 rings (SSSR count). The second-order valence-corrected chi connectivity index (χ2v) is 9.06. The van der Waals surface area contributed by atoms with E-state index in [2.05, 4.69) is 36.8 Å². The smallest absolute Gasteiger partial charge is 0.341 e. The third-order valence-electron chi connectivity index (χ3n) is 6.14. The minimum atomic E-state index is -1.21. The second kappa shape index (κ2) is 6.75. The number of methoxy groups -OCH3 is 1. The predicted octanol–water partition coefficient (Wildman–Crippen LogP) is 3.56. The number of ether oxygens (including phenoxy) is 1. The number of carboxylic acid groups (broad SMARTS) is 1. The molecular weight excluding hydrogens is 380 g/mol. The molecule has 0 bridgehead atoms. The summed E-state index contributed by atoms with van der Waals surface area (Å²) in [6.45, 7) is 8.13. The molecule has 0 radical (unpaired) electrons. The lowest BCUT2D eigenvalue weighted by molar-refractivity contribution is 0.0693. The quantitative estimate of drug-likeness (QED) is 0.773. The van der Waals surface area contributed by atoms with Gasteiger partial charge in [-0.05, 0) is 58.2 Å². The van der Waals surface area contributed by atoms with Crippen LogP contribution in [0.15, 0.2) is 35.3 Å². The van der Waals surface area contributed by atoms with E-state index in [1.54, 1.807) is 7.11 Å². The molecule has 1 aromatic carbocycles. The van der Waals surface area contributed by atoms with E-state index in [9.17, 15) is 14.7 Å². The highest BCUT2D eigenvalue weighted by atomic mass is 16.5. The SMILES string of the molecule is COC(C)(C)C#Cc1ccc2c(c1)[C@H]1CCC(C)(C)N1n1cc(C(=O)O)c(=O)cc1-2. The van der Waals surface area contributed by atoms with Gasteiger partial charge in [0.1, 0.15) is 11.2 Å². The maximum atomic E-state index is 12.5. The minimum Gasteiger partial charge on any atom is -0.477 e. The van der Waals surface area contributed by atoms with Crippen molar-refractivity contribution in [3.63, 3.8) is 0 Å². The zero-order valence-corrected chi connectivity index (χ0v) is 17.9. The molecule has 1 atom stereocenters. The Hall–Kier alpha value is -3.04. The molecule has 6 nitrogen and oxygen atoms in total. The second-order valence-electron chi connectivity index (χ2n) is 9.06. The van der Waals surface area contributed by atoms with Crippen LogP contribution in [0.1, 0.15) is 68.1 Å². The van der Waals surface area contributed by atoms with Crippen molar-refractivity contribution in [3.05, 3.63) is 57.4 Å². The van der Waals surface area contributed by atoms with Crippen LogP contribution in [0.5, 0.6) is 0 Å². The van der Waals surface area contributed by atoms with Gasteiger partial charge < -0.3 is 9.84 Å². The van der Waals surface area contributed by atoms with Gasteiger partial charge in [0, 0.05) is 30.5 Å². The standard InChI is InChI=1S/C24H26N2O4/c1-23(2)10-9-19-17-12-15(8-11-24(3,4)30-5)6-7-16(17)20-13-21(27)18(22(28)29)14-25(20)26(19)23/h6-7,12-14,19H,9-10H2,1-5H3,(H,28,29)/t19-/m1/s1. The first-order valence-electron chi connectivity index (χ1n) is 10.1. The van der Waals surface area contributed by atoms with Crippen molar-refractivity contribution in [3.8, 4) is 23.1 Å². The van der Waals surface area contributed by atoms with E-state index in [4.69, 9.17) is 4.74 Å². The molecule has 0 unspecified atom stereocenters. The molecule has 30 heavy (non-hydrogen) atoms. The van der Waals surface area contributed by atoms with Gasteiger partial charge in [-0.3, -0.25) is 14.5 Å². The summed E-state index contributed by atoms with van der Waals surface area (Å²) in [4.78, 5) is 24.0. The molecule has 2 aromatic rings. The van der Waals surface area contributed by atoms with Crippen LogP contribution in [0.25, 0.3) is 11.3 Å². The van der Waals surface area contributed by atoms with Crippen LogP contribution < -0.4 is 10.4 Å². The number of carbonyl (C=O) groups is 1. The Morgan fingerprint density at radius 1 is 1.30 bits per heavy atom. The minimum absolute atomic E-state index is 0.0869. The molecule has 0 amide bonds. The molecule has 0 saturated carbocycles. The van der Waals surface area contributed by atoms with E-state index in [1.165, 1.54) is 12.3 Å². The third-order valence-corrected chi connectivity index (χ3v) is 6.14. The van der Waals surface area contributed by atoms with Crippen LogP contribution in [0.2, 0.25) is 0 Å². The normalized spacial score (nSPS) is 18.7. The summed E-state index contributed by atoms with van der Waals surface area (Å²) in [5.74, 6) is 5.15. The molecule has 1 fully saturated rings. The monoisotopic (exact) mass is 406 g/mol. The largest absolute Gasteiger partial charge is 0.477 e. The maximum Gasteiger partial charge on any atom is 0.341 e. The number of fused-ring (bicyclic) bond motifs is 6. The van der Waals surface area contributed by atoms with Gasteiger partial charge in [0.05, 0.1) is 17.3 Å². The first-order valence-corrected chi connectivity index (χ1v) is 10.1. The van der Waals surface area contributed by atoms with Crippen molar-refractivity contribution >= 4 is 5.97 Å². The average molecular weight is 406 g/mol. The predicted molar refractivity (Wildman–Crippen MR) is 115 cm³/mol. The molecule has 156 valence electrons. The van der Waals surface area contributed by atoms with Crippen LogP contribution in [0.4, 0.5) is 0 Å². The van der Waals surface area contributed by atoms with Crippen molar-refractivity contribution in [1.29, 1.82) is 0 Å². The molecule has 2 aliphatic heterocycles. The van der Waals surface area contributed by atoms with Gasteiger partial charge in [-0.1, -0.05) is 17.9 Å². The van der Waals surface area contributed by atoms with Gasteiger partial charge in [-0.15, -0.1) is 0 Å². The molecule has 6 heteroatoms. The molecule has 3 heterocycles. The van der Waals surface area contributed by atoms with Crippen LogP contribution in [0, 0.1) is 11.8 Å². The van der Waals surface area contributed by atoms with Crippen LogP contribution in [-0.4, -0.2) is 34.0 Å². The van der Waals surface area contributed by atoms with Crippen molar-refractivity contribution in [1.82, 2.24) is 4.68 Å². The Morgan fingerprint density at radius 3 is 2.70 bits per heavy atom. The fraction of sp³-hybridized carbons (Fsp3) is 0.417. The summed E-state index contributed by atoms with van der Waals surface area (Å²) in [5.41, 5.74) is 2.24. The highest BCUT2D eigenvalue weighted by molar-refractivity contribution is 5.88. The molecule has 0 spiro atoms. The topological polar surface area (TPSA) is 71.8 Å². The Labute approximate surface area is 176 Å². The number of aromatic carboxylic acids is 1. The summed E-state index contributed by atoms with van der Waals surface area (Å²) in [6.07, 6.45) is 3.37. The lowest BCUT2D eigenvalue weighted by atomic mass is 9.92. The first kappa shape index (κ1) is 20.2. The van der Waals surface area contributed by atoms with Crippen molar-refractivity contribution < 1.29 is 14.6 Å². The highest BCUT2D eigenvalue weighted by Gasteiger charge is 2.44. The van der Waals surface area contributed by atoms with E-state index in [-0.39, 0.29) is 17.1 Å². The van der Waals surface area contributed by atoms with E-state index in [0.717, 1.165) is 29.5 Å². The van der Waals surface area contributed by atoms with Gasteiger partial charge in [-0.2, -0.15) is 0 Å². The number of benzene rings is 1. The summed E-state index contributed by atoms with van der Waals surface area (Å²) in [5, 5.41) is 11.7.